The average Bonchev–Trinajstić information content (AvgIpc) is 2.45. The minimum atomic E-state index is 0.482. The lowest BCUT2D eigenvalue weighted by molar-refractivity contribution is 0.863. The van der Waals surface area contributed by atoms with Crippen molar-refractivity contribution in [3.63, 3.8) is 0 Å². The first kappa shape index (κ1) is 16.2. The van der Waals surface area contributed by atoms with E-state index in [-0.39, 0.29) is 0 Å². The van der Waals surface area contributed by atoms with Crippen LogP contribution in [0.2, 0.25) is 0 Å². The van der Waals surface area contributed by atoms with Gasteiger partial charge in [-0.05, 0) is 47.1 Å². The molecule has 0 amide bonds. The first-order valence-corrected chi connectivity index (χ1v) is 7.35. The molecule has 0 heterocycles. The molecular formula is C20H26. The van der Waals surface area contributed by atoms with Gasteiger partial charge in [-0.1, -0.05) is 76.4 Å². The van der Waals surface area contributed by atoms with Gasteiger partial charge in [0.15, 0.2) is 0 Å². The number of hydrogen-bond donors (Lipinski definition) is 0. The van der Waals surface area contributed by atoms with E-state index >= 15 is 0 Å². The van der Waals surface area contributed by atoms with Crippen LogP contribution in [-0.4, -0.2) is 0 Å². The van der Waals surface area contributed by atoms with E-state index in [9.17, 15) is 0 Å². The number of rotatable bonds is 6. The third kappa shape index (κ3) is 3.39. The maximum absolute atomic E-state index is 4.00. The Bertz CT molecular complexity index is 539. The van der Waals surface area contributed by atoms with Crippen molar-refractivity contribution in [1.82, 2.24) is 0 Å². The minimum Gasteiger partial charge on any atom is -0.0984 e. The zero-order valence-corrected chi connectivity index (χ0v) is 13.2. The van der Waals surface area contributed by atoms with Gasteiger partial charge in [0.05, 0.1) is 0 Å². The smallest absolute Gasteiger partial charge is 0.0109 e. The van der Waals surface area contributed by atoms with E-state index in [1.54, 1.807) is 0 Å². The Morgan fingerprint density at radius 2 is 1.80 bits per heavy atom. The van der Waals surface area contributed by atoms with Gasteiger partial charge in [-0.25, -0.2) is 0 Å². The Labute approximate surface area is 124 Å². The van der Waals surface area contributed by atoms with E-state index in [0.717, 1.165) is 6.42 Å². The van der Waals surface area contributed by atoms with E-state index in [1.807, 2.05) is 19.1 Å². The van der Waals surface area contributed by atoms with E-state index in [1.165, 1.54) is 27.8 Å². The first-order chi connectivity index (χ1) is 9.60. The lowest BCUT2D eigenvalue weighted by Crippen LogP contribution is -1.98. The van der Waals surface area contributed by atoms with E-state index in [0.29, 0.717) is 5.92 Å². The molecule has 0 heteroatoms. The Balaban J connectivity index is 3.60. The van der Waals surface area contributed by atoms with Gasteiger partial charge >= 0.3 is 0 Å². The molecule has 0 bridgehead atoms. The average molecular weight is 266 g/mol. The van der Waals surface area contributed by atoms with Crippen LogP contribution in [0.25, 0.3) is 17.7 Å². The van der Waals surface area contributed by atoms with Crippen LogP contribution in [0, 0.1) is 0 Å². The van der Waals surface area contributed by atoms with E-state index in [2.05, 4.69) is 64.3 Å². The summed E-state index contributed by atoms with van der Waals surface area (Å²) in [6.45, 7) is 16.6. The van der Waals surface area contributed by atoms with Crippen LogP contribution in [0.5, 0.6) is 0 Å². The van der Waals surface area contributed by atoms with Gasteiger partial charge in [0.25, 0.3) is 0 Å². The molecule has 1 aromatic rings. The largest absolute Gasteiger partial charge is 0.0984 e. The zero-order valence-electron chi connectivity index (χ0n) is 13.2. The summed E-state index contributed by atoms with van der Waals surface area (Å²) < 4.78 is 0. The van der Waals surface area contributed by atoms with Crippen LogP contribution in [0.3, 0.4) is 0 Å². The van der Waals surface area contributed by atoms with Gasteiger partial charge in [0.1, 0.15) is 0 Å². The molecule has 0 saturated heterocycles. The lowest BCUT2D eigenvalue weighted by atomic mass is 9.87. The van der Waals surface area contributed by atoms with Crippen molar-refractivity contribution >= 4 is 17.7 Å². The number of benzene rings is 1. The van der Waals surface area contributed by atoms with Gasteiger partial charge < -0.3 is 0 Å². The summed E-state index contributed by atoms with van der Waals surface area (Å²) in [5.74, 6) is 0.482. The predicted octanol–water partition coefficient (Wildman–Crippen LogP) is 6.47. The summed E-state index contributed by atoms with van der Waals surface area (Å²) in [6.07, 6.45) is 11.4. The molecule has 0 fully saturated rings. The fourth-order valence-electron chi connectivity index (χ4n) is 2.52. The van der Waals surface area contributed by atoms with Crippen molar-refractivity contribution in [3.05, 3.63) is 65.8 Å². The highest BCUT2D eigenvalue weighted by atomic mass is 14.2. The molecule has 0 atom stereocenters. The van der Waals surface area contributed by atoms with Gasteiger partial charge in [0.2, 0.25) is 0 Å². The van der Waals surface area contributed by atoms with Gasteiger partial charge in [-0.3, -0.25) is 0 Å². The van der Waals surface area contributed by atoms with Crippen molar-refractivity contribution < 1.29 is 0 Å². The summed E-state index contributed by atoms with van der Waals surface area (Å²) in [7, 11) is 0. The van der Waals surface area contributed by atoms with Crippen LogP contribution in [0.1, 0.15) is 62.3 Å². The Morgan fingerprint density at radius 3 is 2.25 bits per heavy atom. The van der Waals surface area contributed by atoms with Crippen LogP contribution < -0.4 is 0 Å². The maximum Gasteiger partial charge on any atom is -0.0109 e. The van der Waals surface area contributed by atoms with Crippen LogP contribution in [-0.2, 0) is 0 Å². The molecule has 106 valence electrons. The second kappa shape index (κ2) is 7.69. The highest BCUT2D eigenvalue weighted by molar-refractivity contribution is 5.84. The molecule has 0 aliphatic rings. The van der Waals surface area contributed by atoms with Crippen LogP contribution >= 0.6 is 0 Å². The van der Waals surface area contributed by atoms with Crippen molar-refractivity contribution in [2.24, 2.45) is 0 Å². The molecule has 0 unspecified atom stereocenters. The first-order valence-electron chi connectivity index (χ1n) is 7.35. The normalized spacial score (nSPS) is 12.2. The molecule has 20 heavy (non-hydrogen) atoms. The van der Waals surface area contributed by atoms with E-state index in [4.69, 9.17) is 0 Å². The van der Waals surface area contributed by atoms with Gasteiger partial charge in [-0.15, -0.1) is 0 Å². The molecule has 0 spiro atoms. The summed E-state index contributed by atoms with van der Waals surface area (Å²) in [6, 6.07) is 4.43. The molecule has 0 radical (unpaired) electrons. The summed E-state index contributed by atoms with van der Waals surface area (Å²) >= 11 is 0. The fraction of sp³-hybridized carbons (Fsp3) is 0.300. The second-order valence-corrected chi connectivity index (χ2v) is 5.16. The molecule has 0 N–H and O–H groups in total. The standard InChI is InChI=1S/C20H26/c1-7-11-16(12-8-2)20-14-13-19(15(5)6)17(9-3)18(20)10-4/h7,9-15H,3-4,8H2,1-2,5-6H3/b11-7-,16-12+. The van der Waals surface area contributed by atoms with Gasteiger partial charge in [-0.2, -0.15) is 0 Å². The monoisotopic (exact) mass is 266 g/mol. The molecule has 1 aromatic carbocycles. The Kier molecular flexibility index (Phi) is 6.24. The SMILES string of the molecule is C=Cc1c(C(/C=C\C)=C/CC)ccc(C(C)C)c1C=C. The predicted molar refractivity (Wildman–Crippen MR) is 93.8 cm³/mol. The Morgan fingerprint density at radius 1 is 1.15 bits per heavy atom. The zero-order chi connectivity index (χ0) is 15.1. The summed E-state index contributed by atoms with van der Waals surface area (Å²) in [5, 5.41) is 0. The van der Waals surface area contributed by atoms with Crippen molar-refractivity contribution in [1.29, 1.82) is 0 Å². The fourth-order valence-corrected chi connectivity index (χ4v) is 2.52. The highest BCUT2D eigenvalue weighted by Gasteiger charge is 2.12. The van der Waals surface area contributed by atoms with Crippen LogP contribution in [0.15, 0.2) is 43.5 Å². The molecule has 0 saturated carbocycles. The molecule has 1 rings (SSSR count). The number of allylic oxidation sites excluding steroid dienone is 4. The topological polar surface area (TPSA) is 0 Å². The van der Waals surface area contributed by atoms with Crippen LogP contribution in [0.4, 0.5) is 0 Å². The highest BCUT2D eigenvalue weighted by Crippen LogP contribution is 2.31. The van der Waals surface area contributed by atoms with Crippen molar-refractivity contribution in [2.45, 2.75) is 40.0 Å². The molecule has 0 nitrogen and oxygen atoms in total. The number of hydrogen-bond acceptors (Lipinski definition) is 0. The molecular weight excluding hydrogens is 240 g/mol. The molecule has 0 aliphatic carbocycles. The van der Waals surface area contributed by atoms with E-state index < -0.39 is 0 Å². The summed E-state index contributed by atoms with van der Waals surface area (Å²) in [5.41, 5.74) is 6.21. The summed E-state index contributed by atoms with van der Waals surface area (Å²) in [4.78, 5) is 0. The van der Waals surface area contributed by atoms with Crippen molar-refractivity contribution in [3.8, 4) is 0 Å². The van der Waals surface area contributed by atoms with Gasteiger partial charge in [0, 0.05) is 0 Å². The maximum atomic E-state index is 4.00. The molecule has 0 aromatic heterocycles. The quantitative estimate of drug-likeness (QED) is 0.518. The molecule has 0 aliphatic heterocycles. The minimum absolute atomic E-state index is 0.482. The van der Waals surface area contributed by atoms with Crippen molar-refractivity contribution in [2.75, 3.05) is 0 Å². The lowest BCUT2D eigenvalue weighted by Gasteiger charge is -2.17. The third-order valence-corrected chi connectivity index (χ3v) is 3.43. The Hall–Kier alpha value is -1.82. The third-order valence-electron chi connectivity index (χ3n) is 3.43. The second-order valence-electron chi connectivity index (χ2n) is 5.16.